The van der Waals surface area contributed by atoms with Crippen LogP contribution in [-0.2, 0) is 7.05 Å². The topological polar surface area (TPSA) is 38.0 Å². The lowest BCUT2D eigenvalue weighted by Crippen LogP contribution is -2.26. The molecular formula is C10H16N2OS. The van der Waals surface area contributed by atoms with Crippen LogP contribution in [0.1, 0.15) is 25.7 Å². The number of thioether (sulfide) groups is 1. The fourth-order valence-corrected chi connectivity index (χ4v) is 3.10. The summed E-state index contributed by atoms with van der Waals surface area (Å²) in [6.45, 7) is 0. The van der Waals surface area contributed by atoms with Gasteiger partial charge < -0.3 is 5.11 Å². The van der Waals surface area contributed by atoms with E-state index in [0.29, 0.717) is 5.25 Å². The zero-order valence-electron chi connectivity index (χ0n) is 8.39. The summed E-state index contributed by atoms with van der Waals surface area (Å²) in [5.41, 5.74) is 0. The lowest BCUT2D eigenvalue weighted by molar-refractivity contribution is 0.137. The lowest BCUT2D eigenvalue weighted by Gasteiger charge is -2.26. The number of hydrogen-bond acceptors (Lipinski definition) is 3. The molecule has 1 aromatic rings. The van der Waals surface area contributed by atoms with Crippen molar-refractivity contribution in [2.24, 2.45) is 7.05 Å². The first-order chi connectivity index (χ1) is 6.75. The molecule has 1 fully saturated rings. The lowest BCUT2D eigenvalue weighted by atomic mass is 9.97. The van der Waals surface area contributed by atoms with Crippen LogP contribution in [-0.4, -0.2) is 26.2 Å². The van der Waals surface area contributed by atoms with Crippen LogP contribution in [0.4, 0.5) is 0 Å². The third-order valence-corrected chi connectivity index (χ3v) is 3.97. The van der Waals surface area contributed by atoms with Crippen molar-refractivity contribution in [3.05, 3.63) is 12.4 Å². The molecule has 1 aromatic heterocycles. The van der Waals surface area contributed by atoms with Gasteiger partial charge in [-0.2, -0.15) is 5.10 Å². The molecule has 3 nitrogen and oxygen atoms in total. The van der Waals surface area contributed by atoms with E-state index in [-0.39, 0.29) is 6.10 Å². The molecule has 0 aliphatic heterocycles. The van der Waals surface area contributed by atoms with E-state index in [4.69, 9.17) is 0 Å². The molecule has 78 valence electrons. The summed E-state index contributed by atoms with van der Waals surface area (Å²) in [7, 11) is 1.92. The van der Waals surface area contributed by atoms with Gasteiger partial charge in [-0.25, -0.2) is 0 Å². The minimum atomic E-state index is -0.131. The first-order valence-electron chi connectivity index (χ1n) is 5.09. The number of aromatic nitrogens is 2. The van der Waals surface area contributed by atoms with Gasteiger partial charge in [-0.15, -0.1) is 11.8 Å². The van der Waals surface area contributed by atoms with Crippen molar-refractivity contribution in [1.29, 1.82) is 0 Å². The van der Waals surface area contributed by atoms with Crippen molar-refractivity contribution in [1.82, 2.24) is 9.78 Å². The Morgan fingerprint density at radius 1 is 1.50 bits per heavy atom. The van der Waals surface area contributed by atoms with Gasteiger partial charge in [-0.1, -0.05) is 12.8 Å². The van der Waals surface area contributed by atoms with E-state index >= 15 is 0 Å². The second-order valence-corrected chi connectivity index (χ2v) is 5.17. The van der Waals surface area contributed by atoms with E-state index in [9.17, 15) is 5.11 Å². The predicted molar refractivity (Wildman–Crippen MR) is 57.3 cm³/mol. The van der Waals surface area contributed by atoms with Crippen LogP contribution < -0.4 is 0 Å². The Labute approximate surface area is 88.5 Å². The van der Waals surface area contributed by atoms with Crippen LogP contribution >= 0.6 is 11.8 Å². The Morgan fingerprint density at radius 2 is 2.29 bits per heavy atom. The maximum absolute atomic E-state index is 9.79. The monoisotopic (exact) mass is 212 g/mol. The quantitative estimate of drug-likeness (QED) is 0.812. The largest absolute Gasteiger partial charge is 0.392 e. The highest BCUT2D eigenvalue weighted by Gasteiger charge is 2.24. The van der Waals surface area contributed by atoms with Crippen LogP contribution in [0.15, 0.2) is 17.3 Å². The van der Waals surface area contributed by atoms with Gasteiger partial charge in [-0.3, -0.25) is 4.68 Å². The maximum atomic E-state index is 9.79. The van der Waals surface area contributed by atoms with Crippen molar-refractivity contribution in [3.63, 3.8) is 0 Å². The fraction of sp³-hybridized carbons (Fsp3) is 0.700. The summed E-state index contributed by atoms with van der Waals surface area (Å²) in [5.74, 6) is 0. The normalized spacial score (nSPS) is 27.9. The summed E-state index contributed by atoms with van der Waals surface area (Å²) in [5, 5.41) is 14.3. The molecule has 1 aliphatic carbocycles. The number of hydrogen-bond donors (Lipinski definition) is 1. The molecule has 4 heteroatoms. The van der Waals surface area contributed by atoms with Gasteiger partial charge in [0.2, 0.25) is 0 Å². The number of nitrogens with zero attached hydrogens (tertiary/aromatic N) is 2. The fourth-order valence-electron chi connectivity index (χ4n) is 1.85. The summed E-state index contributed by atoms with van der Waals surface area (Å²) >= 11 is 1.76. The minimum absolute atomic E-state index is 0.131. The van der Waals surface area contributed by atoms with Gasteiger partial charge in [0, 0.05) is 23.4 Å². The van der Waals surface area contributed by atoms with Gasteiger partial charge in [0.25, 0.3) is 0 Å². The van der Waals surface area contributed by atoms with Crippen LogP contribution in [0, 0.1) is 0 Å². The Balaban J connectivity index is 1.95. The third kappa shape index (κ3) is 2.30. The van der Waals surface area contributed by atoms with Crippen LogP contribution in [0.5, 0.6) is 0 Å². The molecule has 0 unspecified atom stereocenters. The first-order valence-corrected chi connectivity index (χ1v) is 5.97. The second-order valence-electron chi connectivity index (χ2n) is 3.86. The van der Waals surface area contributed by atoms with Crippen LogP contribution in [0.2, 0.25) is 0 Å². The number of aliphatic hydroxyl groups is 1. The number of aryl methyl sites for hydroxylation is 1. The highest BCUT2D eigenvalue weighted by atomic mass is 32.2. The summed E-state index contributed by atoms with van der Waals surface area (Å²) in [6.07, 6.45) is 8.24. The van der Waals surface area contributed by atoms with Crippen LogP contribution in [0.3, 0.4) is 0 Å². The van der Waals surface area contributed by atoms with E-state index < -0.39 is 0 Å². The van der Waals surface area contributed by atoms with Gasteiger partial charge in [-0.05, 0) is 12.8 Å². The van der Waals surface area contributed by atoms with Crippen molar-refractivity contribution in [2.45, 2.75) is 41.9 Å². The molecule has 14 heavy (non-hydrogen) atoms. The molecule has 0 radical (unpaired) electrons. The summed E-state index contributed by atoms with van der Waals surface area (Å²) in [4.78, 5) is 1.17. The average Bonchev–Trinajstić information content (AvgIpc) is 2.56. The third-order valence-electron chi connectivity index (χ3n) is 2.64. The molecule has 0 bridgehead atoms. The first kappa shape index (κ1) is 10.1. The highest BCUT2D eigenvalue weighted by molar-refractivity contribution is 8.00. The molecular weight excluding hydrogens is 196 g/mol. The van der Waals surface area contributed by atoms with Gasteiger partial charge in [0.1, 0.15) is 0 Å². The predicted octanol–water partition coefficient (Wildman–Crippen LogP) is 1.82. The smallest absolute Gasteiger partial charge is 0.0662 e. The number of rotatable bonds is 2. The standard InChI is InChI=1S/C10H16N2OS/c1-12-7-8(6-11-12)14-10-5-3-2-4-9(10)13/h6-7,9-10,13H,2-5H2,1H3/t9-,10-/m1/s1. The molecule has 1 heterocycles. The Hall–Kier alpha value is -0.480. The molecule has 0 aromatic carbocycles. The van der Waals surface area contributed by atoms with E-state index in [1.807, 2.05) is 19.4 Å². The molecule has 1 N–H and O–H groups in total. The van der Waals surface area contributed by atoms with E-state index in [0.717, 1.165) is 12.8 Å². The second kappa shape index (κ2) is 4.36. The molecule has 0 amide bonds. The van der Waals surface area contributed by atoms with E-state index in [1.165, 1.54) is 17.7 Å². The van der Waals surface area contributed by atoms with Crippen molar-refractivity contribution < 1.29 is 5.11 Å². The zero-order chi connectivity index (χ0) is 9.97. The molecule has 0 saturated heterocycles. The molecule has 2 atom stereocenters. The van der Waals surface area contributed by atoms with Gasteiger partial charge >= 0.3 is 0 Å². The van der Waals surface area contributed by atoms with Crippen LogP contribution in [0.25, 0.3) is 0 Å². The summed E-state index contributed by atoms with van der Waals surface area (Å²) < 4.78 is 1.80. The molecule has 0 spiro atoms. The van der Waals surface area contributed by atoms with Gasteiger partial charge in [0.15, 0.2) is 0 Å². The molecule has 1 aliphatic rings. The van der Waals surface area contributed by atoms with Crippen molar-refractivity contribution >= 4 is 11.8 Å². The van der Waals surface area contributed by atoms with Gasteiger partial charge in [0.05, 0.1) is 12.3 Å². The molecule has 1 saturated carbocycles. The molecule has 2 rings (SSSR count). The minimum Gasteiger partial charge on any atom is -0.392 e. The average molecular weight is 212 g/mol. The van der Waals surface area contributed by atoms with E-state index in [2.05, 4.69) is 5.10 Å². The summed E-state index contributed by atoms with van der Waals surface area (Å²) in [6, 6.07) is 0. The zero-order valence-corrected chi connectivity index (χ0v) is 9.20. The van der Waals surface area contributed by atoms with E-state index in [1.54, 1.807) is 16.4 Å². The maximum Gasteiger partial charge on any atom is 0.0662 e. The van der Waals surface area contributed by atoms with Crippen molar-refractivity contribution in [3.8, 4) is 0 Å². The Morgan fingerprint density at radius 3 is 2.93 bits per heavy atom. The highest BCUT2D eigenvalue weighted by Crippen LogP contribution is 2.33. The number of aliphatic hydroxyl groups excluding tert-OH is 1. The van der Waals surface area contributed by atoms with Crippen molar-refractivity contribution in [2.75, 3.05) is 0 Å². The Bertz CT molecular complexity index is 300. The Kier molecular flexibility index (Phi) is 3.13. The SMILES string of the molecule is Cn1cc(S[C@@H]2CCCC[C@H]2O)cn1.